The van der Waals surface area contributed by atoms with E-state index in [2.05, 4.69) is 26.0 Å². The van der Waals surface area contributed by atoms with Crippen LogP contribution in [0.1, 0.15) is 96.0 Å². The van der Waals surface area contributed by atoms with Crippen LogP contribution >= 0.6 is 0 Å². The highest BCUT2D eigenvalue weighted by Crippen LogP contribution is 2.23. The molecule has 0 spiro atoms. The summed E-state index contributed by atoms with van der Waals surface area (Å²) in [7, 11) is 0. The van der Waals surface area contributed by atoms with Gasteiger partial charge < -0.3 is 0 Å². The van der Waals surface area contributed by atoms with E-state index in [0.29, 0.717) is 5.78 Å². The molecule has 1 aromatic rings. The van der Waals surface area contributed by atoms with Crippen LogP contribution in [-0.4, -0.2) is 5.78 Å². The number of carbonyl (C=O) groups is 1. The standard InChI is InChI=1S/C21H34O/c1-3-5-6-7-8-9-10-11-15-18-21(22)20(4-2)19-16-13-12-14-17-19/h12-14,16-17,20H,3-11,15,18H2,1-2H3/t20-/m0/s1. The summed E-state index contributed by atoms with van der Waals surface area (Å²) in [6, 6.07) is 10.2. The lowest BCUT2D eigenvalue weighted by molar-refractivity contribution is -0.120. The first kappa shape index (κ1) is 18.9. The van der Waals surface area contributed by atoms with Gasteiger partial charge in [-0.2, -0.15) is 0 Å². The Kier molecular flexibility index (Phi) is 10.7. The first-order valence-corrected chi connectivity index (χ1v) is 9.37. The maximum Gasteiger partial charge on any atom is 0.140 e. The Morgan fingerprint density at radius 1 is 0.818 bits per heavy atom. The molecule has 1 aromatic carbocycles. The van der Waals surface area contributed by atoms with E-state index in [4.69, 9.17) is 0 Å². The fourth-order valence-electron chi connectivity index (χ4n) is 3.12. The Morgan fingerprint density at radius 2 is 1.36 bits per heavy atom. The maximum absolute atomic E-state index is 12.4. The summed E-state index contributed by atoms with van der Waals surface area (Å²) >= 11 is 0. The average molecular weight is 303 g/mol. The van der Waals surface area contributed by atoms with Crippen LogP contribution in [0.15, 0.2) is 30.3 Å². The first-order valence-electron chi connectivity index (χ1n) is 9.37. The molecule has 1 heteroatoms. The van der Waals surface area contributed by atoms with Crippen molar-refractivity contribution in [3.05, 3.63) is 35.9 Å². The molecule has 0 aromatic heterocycles. The van der Waals surface area contributed by atoms with Gasteiger partial charge in [-0.3, -0.25) is 4.79 Å². The van der Waals surface area contributed by atoms with Crippen molar-refractivity contribution in [3.63, 3.8) is 0 Å². The molecule has 0 aliphatic carbocycles. The van der Waals surface area contributed by atoms with Crippen LogP contribution in [0.3, 0.4) is 0 Å². The van der Waals surface area contributed by atoms with Crippen molar-refractivity contribution in [2.75, 3.05) is 0 Å². The Hall–Kier alpha value is -1.11. The Bertz CT molecular complexity index is 382. The number of Topliss-reactive ketones (excluding diaryl/α,β-unsaturated/α-hetero) is 1. The third-order valence-corrected chi connectivity index (χ3v) is 4.53. The van der Waals surface area contributed by atoms with Crippen LogP contribution in [-0.2, 0) is 4.79 Å². The van der Waals surface area contributed by atoms with Crippen molar-refractivity contribution in [1.29, 1.82) is 0 Å². The van der Waals surface area contributed by atoms with Crippen molar-refractivity contribution in [2.45, 2.75) is 90.4 Å². The topological polar surface area (TPSA) is 17.1 Å². The molecule has 1 nitrogen and oxygen atoms in total. The number of hydrogen-bond donors (Lipinski definition) is 0. The highest BCUT2D eigenvalue weighted by molar-refractivity contribution is 5.85. The Balaban J connectivity index is 2.12. The van der Waals surface area contributed by atoms with Crippen LogP contribution in [0.25, 0.3) is 0 Å². The van der Waals surface area contributed by atoms with E-state index in [1.807, 2.05) is 18.2 Å². The monoisotopic (exact) mass is 302 g/mol. The second-order valence-electron chi connectivity index (χ2n) is 6.42. The second-order valence-corrected chi connectivity index (χ2v) is 6.42. The smallest absolute Gasteiger partial charge is 0.140 e. The molecule has 0 heterocycles. The van der Waals surface area contributed by atoms with E-state index in [-0.39, 0.29) is 5.92 Å². The molecule has 0 saturated carbocycles. The second kappa shape index (κ2) is 12.4. The molecule has 1 atom stereocenters. The van der Waals surface area contributed by atoms with Crippen molar-refractivity contribution in [3.8, 4) is 0 Å². The Morgan fingerprint density at radius 3 is 1.91 bits per heavy atom. The Labute approximate surface area is 137 Å². The zero-order valence-corrected chi connectivity index (χ0v) is 14.7. The van der Waals surface area contributed by atoms with Crippen LogP contribution in [0.5, 0.6) is 0 Å². The average Bonchev–Trinajstić information content (AvgIpc) is 2.55. The van der Waals surface area contributed by atoms with E-state index >= 15 is 0 Å². The number of carbonyl (C=O) groups excluding carboxylic acids is 1. The molecule has 1 rings (SSSR count). The fourth-order valence-corrected chi connectivity index (χ4v) is 3.12. The number of hydrogen-bond acceptors (Lipinski definition) is 1. The summed E-state index contributed by atoms with van der Waals surface area (Å²) in [4.78, 5) is 12.4. The maximum atomic E-state index is 12.4. The van der Waals surface area contributed by atoms with Gasteiger partial charge in [-0.05, 0) is 18.4 Å². The van der Waals surface area contributed by atoms with Crippen LogP contribution in [0.2, 0.25) is 0 Å². The highest BCUT2D eigenvalue weighted by Gasteiger charge is 2.17. The van der Waals surface area contributed by atoms with Gasteiger partial charge >= 0.3 is 0 Å². The van der Waals surface area contributed by atoms with Gasteiger partial charge in [0.15, 0.2) is 0 Å². The van der Waals surface area contributed by atoms with Crippen molar-refractivity contribution >= 4 is 5.78 Å². The van der Waals surface area contributed by atoms with Gasteiger partial charge in [0.25, 0.3) is 0 Å². The molecule has 0 amide bonds. The molecule has 0 aliphatic heterocycles. The predicted molar refractivity (Wildman–Crippen MR) is 96.3 cm³/mol. The van der Waals surface area contributed by atoms with Gasteiger partial charge in [0.2, 0.25) is 0 Å². The molecular weight excluding hydrogens is 268 g/mol. The van der Waals surface area contributed by atoms with Gasteiger partial charge in [-0.25, -0.2) is 0 Å². The summed E-state index contributed by atoms with van der Waals surface area (Å²) in [5.41, 5.74) is 1.19. The lowest BCUT2D eigenvalue weighted by Gasteiger charge is -2.14. The van der Waals surface area contributed by atoms with E-state index < -0.39 is 0 Å². The quantitative estimate of drug-likeness (QED) is 0.372. The minimum absolute atomic E-state index is 0.107. The first-order chi connectivity index (χ1) is 10.8. The predicted octanol–water partition coefficient (Wildman–Crippen LogP) is 6.67. The third-order valence-electron chi connectivity index (χ3n) is 4.53. The SMILES string of the molecule is CCCCCCCCCCCC(=O)[C@@H](CC)c1ccccc1. The van der Waals surface area contributed by atoms with Crippen LogP contribution < -0.4 is 0 Å². The minimum Gasteiger partial charge on any atom is -0.299 e. The largest absolute Gasteiger partial charge is 0.299 e. The van der Waals surface area contributed by atoms with Crippen LogP contribution in [0.4, 0.5) is 0 Å². The molecule has 0 bridgehead atoms. The molecule has 0 fully saturated rings. The lowest BCUT2D eigenvalue weighted by atomic mass is 9.89. The highest BCUT2D eigenvalue weighted by atomic mass is 16.1. The lowest BCUT2D eigenvalue weighted by Crippen LogP contribution is -2.11. The van der Waals surface area contributed by atoms with Gasteiger partial charge in [-0.15, -0.1) is 0 Å². The fraction of sp³-hybridized carbons (Fsp3) is 0.667. The normalized spacial score (nSPS) is 12.3. The summed E-state index contributed by atoms with van der Waals surface area (Å²) in [5.74, 6) is 0.534. The van der Waals surface area contributed by atoms with Gasteiger partial charge in [0, 0.05) is 12.3 Å². The molecule has 0 radical (unpaired) electrons. The van der Waals surface area contributed by atoms with E-state index in [0.717, 1.165) is 19.3 Å². The molecule has 22 heavy (non-hydrogen) atoms. The van der Waals surface area contributed by atoms with Gasteiger partial charge in [0.1, 0.15) is 5.78 Å². The van der Waals surface area contributed by atoms with Crippen molar-refractivity contribution < 1.29 is 4.79 Å². The van der Waals surface area contributed by atoms with E-state index in [9.17, 15) is 4.79 Å². The molecule has 0 N–H and O–H groups in total. The third kappa shape index (κ3) is 7.77. The van der Waals surface area contributed by atoms with E-state index in [1.165, 1.54) is 56.9 Å². The summed E-state index contributed by atoms with van der Waals surface area (Å²) < 4.78 is 0. The van der Waals surface area contributed by atoms with Crippen molar-refractivity contribution in [2.24, 2.45) is 0 Å². The zero-order valence-electron chi connectivity index (χ0n) is 14.7. The number of unbranched alkanes of at least 4 members (excludes halogenated alkanes) is 8. The van der Waals surface area contributed by atoms with E-state index in [1.54, 1.807) is 0 Å². The van der Waals surface area contributed by atoms with Crippen LogP contribution in [0, 0.1) is 0 Å². The minimum atomic E-state index is 0.107. The zero-order chi connectivity index (χ0) is 16.0. The van der Waals surface area contributed by atoms with Gasteiger partial charge in [-0.1, -0.05) is 95.5 Å². The van der Waals surface area contributed by atoms with Gasteiger partial charge in [0.05, 0.1) is 0 Å². The molecule has 0 saturated heterocycles. The molecular formula is C21H34O. The number of benzene rings is 1. The number of rotatable bonds is 13. The summed E-state index contributed by atoms with van der Waals surface area (Å²) in [6.45, 7) is 4.38. The van der Waals surface area contributed by atoms with Crippen molar-refractivity contribution in [1.82, 2.24) is 0 Å². The summed E-state index contributed by atoms with van der Waals surface area (Å²) in [6.07, 6.45) is 13.4. The summed E-state index contributed by atoms with van der Waals surface area (Å²) in [5, 5.41) is 0. The molecule has 0 aliphatic rings. The molecule has 0 unspecified atom stereocenters. The number of ketones is 1. The molecule has 124 valence electrons.